The molecule has 5 rings (SSSR count). The maximum absolute atomic E-state index is 12.7. The first-order chi connectivity index (χ1) is 16.6. The van der Waals surface area contributed by atoms with Gasteiger partial charge < -0.3 is 15.1 Å². The van der Waals surface area contributed by atoms with E-state index in [1.165, 1.54) is 5.56 Å². The van der Waals surface area contributed by atoms with Gasteiger partial charge in [0.05, 0.1) is 5.92 Å². The Kier molecular flexibility index (Phi) is 6.45. The molecular weight excluding hydrogens is 450 g/mol. The van der Waals surface area contributed by atoms with Gasteiger partial charge in [-0.2, -0.15) is 5.10 Å². The van der Waals surface area contributed by atoms with E-state index in [1.807, 2.05) is 34.1 Å². The van der Waals surface area contributed by atoms with Crippen molar-refractivity contribution in [3.05, 3.63) is 83.0 Å². The van der Waals surface area contributed by atoms with Crippen LogP contribution in [0.15, 0.2) is 66.9 Å². The molecule has 2 aliphatic heterocycles. The topological polar surface area (TPSA) is 78.4 Å². The number of nitrogens with zero attached hydrogens (tertiary/aromatic N) is 4. The maximum Gasteiger partial charge on any atom is 0.253 e. The number of likely N-dealkylation sites (tertiary alicyclic amines) is 1. The minimum Gasteiger partial charge on any atom is -0.353 e. The Morgan fingerprint density at radius 2 is 1.65 bits per heavy atom. The summed E-state index contributed by atoms with van der Waals surface area (Å²) >= 11 is 5.93. The lowest BCUT2D eigenvalue weighted by atomic mass is 9.89. The Balaban J connectivity index is 1.10. The molecule has 0 unspecified atom stereocenters. The number of hydrogen-bond acceptors (Lipinski definition) is 5. The Morgan fingerprint density at radius 1 is 0.941 bits per heavy atom. The Labute approximate surface area is 203 Å². The van der Waals surface area contributed by atoms with Crippen LogP contribution in [0, 0.1) is 5.92 Å². The summed E-state index contributed by atoms with van der Waals surface area (Å²) < 4.78 is 0. The van der Waals surface area contributed by atoms with Crippen LogP contribution in [0.2, 0.25) is 5.02 Å². The highest BCUT2D eigenvalue weighted by molar-refractivity contribution is 6.30. The van der Waals surface area contributed by atoms with E-state index in [2.05, 4.69) is 27.6 Å². The van der Waals surface area contributed by atoms with Crippen molar-refractivity contribution in [2.24, 2.45) is 5.92 Å². The van der Waals surface area contributed by atoms with Crippen LogP contribution in [0.5, 0.6) is 0 Å². The zero-order valence-corrected chi connectivity index (χ0v) is 19.5. The number of hydrogen-bond donors (Lipinski definition) is 1. The third-order valence-corrected chi connectivity index (χ3v) is 6.91. The van der Waals surface area contributed by atoms with Crippen LogP contribution < -0.4 is 10.2 Å². The lowest BCUT2D eigenvalue weighted by molar-refractivity contribution is -0.120. The smallest absolute Gasteiger partial charge is 0.253 e. The van der Waals surface area contributed by atoms with Crippen LogP contribution in [0.25, 0.3) is 0 Å². The fourth-order valence-electron chi connectivity index (χ4n) is 4.57. The van der Waals surface area contributed by atoms with Gasteiger partial charge >= 0.3 is 0 Å². The zero-order chi connectivity index (χ0) is 23.5. The number of halogens is 1. The van der Waals surface area contributed by atoms with Crippen molar-refractivity contribution in [3.8, 4) is 0 Å². The van der Waals surface area contributed by atoms with Gasteiger partial charge in [0.25, 0.3) is 5.91 Å². The summed E-state index contributed by atoms with van der Waals surface area (Å²) in [6.45, 7) is 2.76. The van der Waals surface area contributed by atoms with E-state index in [0.717, 1.165) is 37.4 Å². The Hall–Kier alpha value is -3.45. The van der Waals surface area contributed by atoms with Gasteiger partial charge in [0.1, 0.15) is 0 Å². The highest BCUT2D eigenvalue weighted by Crippen LogP contribution is 2.30. The monoisotopic (exact) mass is 475 g/mol. The molecule has 0 radical (unpaired) electrons. The molecule has 2 aromatic carbocycles. The molecule has 2 saturated heterocycles. The fourth-order valence-corrected chi connectivity index (χ4v) is 4.69. The average molecular weight is 476 g/mol. The lowest BCUT2D eigenvalue weighted by Gasteiger charge is -2.38. The second-order valence-electron chi connectivity index (χ2n) is 8.87. The van der Waals surface area contributed by atoms with Gasteiger partial charge in [-0.05, 0) is 72.9 Å². The molecular formula is C26H26ClN5O2. The quantitative estimate of drug-likeness (QED) is 0.597. The number of nitrogens with one attached hydrogen (secondary N) is 1. The van der Waals surface area contributed by atoms with Gasteiger partial charge in [-0.25, -0.2) is 0 Å². The number of amides is 2. The molecule has 8 heteroatoms. The largest absolute Gasteiger partial charge is 0.353 e. The molecule has 2 amide bonds. The molecule has 3 aromatic rings. The minimum absolute atomic E-state index is 0.0295. The highest BCUT2D eigenvalue weighted by atomic mass is 35.5. The predicted molar refractivity (Wildman–Crippen MR) is 132 cm³/mol. The van der Waals surface area contributed by atoms with Crippen LogP contribution in [-0.4, -0.2) is 53.1 Å². The van der Waals surface area contributed by atoms with E-state index in [1.54, 1.807) is 30.5 Å². The van der Waals surface area contributed by atoms with Crippen LogP contribution in [0.4, 0.5) is 11.5 Å². The van der Waals surface area contributed by atoms with Crippen molar-refractivity contribution in [1.29, 1.82) is 0 Å². The SMILES string of the molecule is O=C(Nc1ccc(C2CCN(C(=O)c3ccc(Cl)cc3)CC2)cc1)C1CN(c2cccnn2)C1. The second kappa shape index (κ2) is 9.81. The summed E-state index contributed by atoms with van der Waals surface area (Å²) in [4.78, 5) is 29.3. The molecule has 0 atom stereocenters. The molecule has 2 fully saturated rings. The predicted octanol–water partition coefficient (Wildman–Crippen LogP) is 4.22. The van der Waals surface area contributed by atoms with E-state index in [9.17, 15) is 9.59 Å². The first-order valence-electron chi connectivity index (χ1n) is 11.5. The van der Waals surface area contributed by atoms with Gasteiger partial charge in [0.2, 0.25) is 5.91 Å². The normalized spacial score (nSPS) is 16.7. The van der Waals surface area contributed by atoms with Crippen LogP contribution in [0.1, 0.15) is 34.7 Å². The molecule has 1 N–H and O–H groups in total. The van der Waals surface area contributed by atoms with Crippen molar-refractivity contribution < 1.29 is 9.59 Å². The summed E-state index contributed by atoms with van der Waals surface area (Å²) in [7, 11) is 0. The molecule has 174 valence electrons. The molecule has 2 aliphatic rings. The molecule has 34 heavy (non-hydrogen) atoms. The summed E-state index contributed by atoms with van der Waals surface area (Å²) in [5, 5.41) is 11.6. The lowest BCUT2D eigenvalue weighted by Crippen LogP contribution is -2.52. The van der Waals surface area contributed by atoms with E-state index < -0.39 is 0 Å². The molecule has 7 nitrogen and oxygen atoms in total. The van der Waals surface area contributed by atoms with E-state index in [4.69, 9.17) is 11.6 Å². The van der Waals surface area contributed by atoms with Crippen LogP contribution >= 0.6 is 11.6 Å². The fraction of sp³-hybridized carbons (Fsp3) is 0.308. The molecule has 3 heterocycles. The number of carbonyl (C=O) groups is 2. The van der Waals surface area contributed by atoms with Gasteiger partial charge in [0.15, 0.2) is 5.82 Å². The van der Waals surface area contributed by atoms with E-state index in [-0.39, 0.29) is 17.7 Å². The first kappa shape index (κ1) is 22.3. The Bertz CT molecular complexity index is 1140. The second-order valence-corrected chi connectivity index (χ2v) is 9.30. The van der Waals surface area contributed by atoms with Gasteiger partial charge in [0, 0.05) is 48.6 Å². The van der Waals surface area contributed by atoms with Gasteiger partial charge in [-0.3, -0.25) is 9.59 Å². The Morgan fingerprint density at radius 3 is 2.29 bits per heavy atom. The average Bonchev–Trinajstić information content (AvgIpc) is 2.84. The summed E-state index contributed by atoms with van der Waals surface area (Å²) in [6.07, 6.45) is 3.48. The van der Waals surface area contributed by atoms with Crippen molar-refractivity contribution in [1.82, 2.24) is 15.1 Å². The third kappa shape index (κ3) is 4.89. The van der Waals surface area contributed by atoms with Crippen molar-refractivity contribution in [3.63, 3.8) is 0 Å². The molecule has 0 bridgehead atoms. The summed E-state index contributed by atoms with van der Waals surface area (Å²) in [5.41, 5.74) is 2.73. The number of aromatic nitrogens is 2. The number of anilines is 2. The summed E-state index contributed by atoms with van der Waals surface area (Å²) in [6, 6.07) is 18.9. The van der Waals surface area contributed by atoms with E-state index >= 15 is 0 Å². The third-order valence-electron chi connectivity index (χ3n) is 6.66. The van der Waals surface area contributed by atoms with Gasteiger partial charge in [-0.15, -0.1) is 5.10 Å². The van der Waals surface area contributed by atoms with Crippen molar-refractivity contribution in [2.45, 2.75) is 18.8 Å². The number of rotatable bonds is 5. The van der Waals surface area contributed by atoms with E-state index in [0.29, 0.717) is 29.6 Å². The van der Waals surface area contributed by atoms with Crippen molar-refractivity contribution >= 4 is 34.9 Å². The van der Waals surface area contributed by atoms with Gasteiger partial charge in [-0.1, -0.05) is 23.7 Å². The first-order valence-corrected chi connectivity index (χ1v) is 11.9. The summed E-state index contributed by atoms with van der Waals surface area (Å²) in [5.74, 6) is 1.25. The van der Waals surface area contributed by atoms with Crippen molar-refractivity contribution in [2.75, 3.05) is 36.4 Å². The number of piperidine rings is 1. The number of carbonyl (C=O) groups excluding carboxylic acids is 2. The zero-order valence-electron chi connectivity index (χ0n) is 18.7. The standard InChI is InChI=1S/C26H26ClN5O2/c27-22-7-3-20(4-8-22)26(34)31-14-11-19(12-15-31)18-5-9-23(10-6-18)29-25(33)21-16-32(17-21)24-2-1-13-28-30-24/h1-10,13,19,21H,11-12,14-17H2,(H,29,33). The maximum atomic E-state index is 12.7. The minimum atomic E-state index is -0.0517. The molecule has 0 spiro atoms. The molecule has 0 aliphatic carbocycles. The number of benzene rings is 2. The van der Waals surface area contributed by atoms with Crippen LogP contribution in [-0.2, 0) is 4.79 Å². The highest BCUT2D eigenvalue weighted by Gasteiger charge is 2.33. The molecule has 1 aromatic heterocycles. The molecule has 0 saturated carbocycles. The van der Waals surface area contributed by atoms with Crippen LogP contribution in [0.3, 0.4) is 0 Å².